The SMILES string of the molecule is CC(O)(CNC(=O)c1ccc(N2CCOCC2)cc1)C(=O)O. The smallest absolute Gasteiger partial charge is 0.337 e. The molecule has 1 atom stereocenters. The molecular weight excluding hydrogens is 288 g/mol. The van der Waals surface area contributed by atoms with Gasteiger partial charge in [0, 0.05) is 24.3 Å². The monoisotopic (exact) mass is 308 g/mol. The van der Waals surface area contributed by atoms with E-state index < -0.39 is 17.5 Å². The van der Waals surface area contributed by atoms with E-state index in [1.807, 2.05) is 12.1 Å². The van der Waals surface area contributed by atoms with Gasteiger partial charge in [-0.15, -0.1) is 0 Å². The second-order valence-corrected chi connectivity index (χ2v) is 5.41. The van der Waals surface area contributed by atoms with Gasteiger partial charge < -0.3 is 25.2 Å². The lowest BCUT2D eigenvalue weighted by atomic mass is 10.1. The normalized spacial score (nSPS) is 17.6. The summed E-state index contributed by atoms with van der Waals surface area (Å²) in [6, 6.07) is 7.04. The number of anilines is 1. The predicted molar refractivity (Wildman–Crippen MR) is 80.1 cm³/mol. The van der Waals surface area contributed by atoms with Gasteiger partial charge in [-0.05, 0) is 31.2 Å². The van der Waals surface area contributed by atoms with Crippen LogP contribution in [0.4, 0.5) is 5.69 Å². The largest absolute Gasteiger partial charge is 0.479 e. The second kappa shape index (κ2) is 6.76. The molecule has 1 aromatic carbocycles. The highest BCUT2D eigenvalue weighted by Gasteiger charge is 2.30. The van der Waals surface area contributed by atoms with Crippen LogP contribution in [-0.2, 0) is 9.53 Å². The van der Waals surface area contributed by atoms with Crippen LogP contribution in [0.5, 0.6) is 0 Å². The van der Waals surface area contributed by atoms with Crippen LogP contribution in [0.3, 0.4) is 0 Å². The topological polar surface area (TPSA) is 99.1 Å². The van der Waals surface area contributed by atoms with Crippen molar-refractivity contribution in [3.63, 3.8) is 0 Å². The molecule has 0 bridgehead atoms. The lowest BCUT2D eigenvalue weighted by Crippen LogP contribution is -2.46. The highest BCUT2D eigenvalue weighted by Crippen LogP contribution is 2.16. The minimum Gasteiger partial charge on any atom is -0.479 e. The molecule has 7 heteroatoms. The highest BCUT2D eigenvalue weighted by molar-refractivity contribution is 5.95. The first-order valence-electron chi connectivity index (χ1n) is 7.07. The molecule has 0 saturated carbocycles. The maximum Gasteiger partial charge on any atom is 0.337 e. The number of morpholine rings is 1. The summed E-state index contributed by atoms with van der Waals surface area (Å²) < 4.78 is 5.29. The summed E-state index contributed by atoms with van der Waals surface area (Å²) in [5.74, 6) is -1.80. The molecule has 7 nitrogen and oxygen atoms in total. The van der Waals surface area contributed by atoms with Gasteiger partial charge in [-0.2, -0.15) is 0 Å². The Kier molecular flexibility index (Phi) is 4.99. The van der Waals surface area contributed by atoms with Crippen molar-refractivity contribution < 1.29 is 24.5 Å². The molecule has 1 aliphatic heterocycles. The molecular formula is C15H20N2O5. The molecule has 1 aromatic rings. The van der Waals surface area contributed by atoms with Crippen molar-refractivity contribution in [1.82, 2.24) is 5.32 Å². The molecule has 22 heavy (non-hydrogen) atoms. The zero-order chi connectivity index (χ0) is 16.2. The Labute approximate surface area is 128 Å². The highest BCUT2D eigenvalue weighted by atomic mass is 16.5. The number of aliphatic carboxylic acids is 1. The van der Waals surface area contributed by atoms with Crippen molar-refractivity contribution in [3.05, 3.63) is 29.8 Å². The van der Waals surface area contributed by atoms with Crippen molar-refractivity contribution in [2.75, 3.05) is 37.7 Å². The summed E-state index contributed by atoms with van der Waals surface area (Å²) in [7, 11) is 0. The number of carbonyl (C=O) groups excluding carboxylic acids is 1. The number of carboxylic acids is 1. The third kappa shape index (κ3) is 3.96. The Morgan fingerprint density at radius 3 is 2.41 bits per heavy atom. The Morgan fingerprint density at radius 2 is 1.86 bits per heavy atom. The van der Waals surface area contributed by atoms with Gasteiger partial charge in [-0.1, -0.05) is 0 Å². The van der Waals surface area contributed by atoms with Gasteiger partial charge in [-0.3, -0.25) is 4.79 Å². The van der Waals surface area contributed by atoms with Crippen LogP contribution in [0, 0.1) is 0 Å². The maximum absolute atomic E-state index is 12.0. The van der Waals surface area contributed by atoms with E-state index in [0.717, 1.165) is 25.7 Å². The fourth-order valence-electron chi connectivity index (χ4n) is 2.08. The number of hydrogen-bond donors (Lipinski definition) is 3. The molecule has 1 fully saturated rings. The molecule has 1 saturated heterocycles. The average Bonchev–Trinajstić information content (AvgIpc) is 2.53. The van der Waals surface area contributed by atoms with Crippen LogP contribution in [0.15, 0.2) is 24.3 Å². The number of rotatable bonds is 5. The van der Waals surface area contributed by atoms with Gasteiger partial charge in [0.1, 0.15) is 0 Å². The maximum atomic E-state index is 12.0. The Hall–Kier alpha value is -2.12. The van der Waals surface area contributed by atoms with Crippen LogP contribution < -0.4 is 10.2 Å². The lowest BCUT2D eigenvalue weighted by molar-refractivity contribution is -0.155. The van der Waals surface area contributed by atoms with Gasteiger partial charge in [0.2, 0.25) is 0 Å². The van der Waals surface area contributed by atoms with Crippen molar-refractivity contribution in [2.24, 2.45) is 0 Å². The summed E-state index contributed by atoms with van der Waals surface area (Å²) in [4.78, 5) is 24.9. The fraction of sp³-hybridized carbons (Fsp3) is 0.467. The van der Waals surface area contributed by atoms with Crippen molar-refractivity contribution in [1.29, 1.82) is 0 Å². The molecule has 1 amide bonds. The minimum atomic E-state index is -1.98. The summed E-state index contributed by atoms with van der Waals surface area (Å²) in [6.45, 7) is 3.78. The number of carboxylic acid groups (broad SMARTS) is 1. The third-order valence-corrected chi connectivity index (χ3v) is 3.56. The van der Waals surface area contributed by atoms with Crippen LogP contribution in [0.1, 0.15) is 17.3 Å². The molecule has 120 valence electrons. The molecule has 0 spiro atoms. The van der Waals surface area contributed by atoms with E-state index in [1.54, 1.807) is 12.1 Å². The summed E-state index contributed by atoms with van der Waals surface area (Å²) in [6.07, 6.45) is 0. The number of amides is 1. The molecule has 0 radical (unpaired) electrons. The van der Waals surface area contributed by atoms with Crippen LogP contribution in [0.25, 0.3) is 0 Å². The first-order chi connectivity index (χ1) is 10.4. The molecule has 2 rings (SSSR count). The number of benzene rings is 1. The van der Waals surface area contributed by atoms with E-state index in [4.69, 9.17) is 9.84 Å². The molecule has 3 N–H and O–H groups in total. The number of aliphatic hydroxyl groups is 1. The van der Waals surface area contributed by atoms with E-state index >= 15 is 0 Å². The van der Waals surface area contributed by atoms with E-state index in [1.165, 1.54) is 0 Å². The van der Waals surface area contributed by atoms with E-state index in [0.29, 0.717) is 18.8 Å². The summed E-state index contributed by atoms with van der Waals surface area (Å²) in [5, 5.41) is 20.8. The van der Waals surface area contributed by atoms with Crippen molar-refractivity contribution in [3.8, 4) is 0 Å². The first kappa shape index (κ1) is 16.3. The molecule has 0 aliphatic carbocycles. The Bertz CT molecular complexity index is 535. The molecule has 1 heterocycles. The van der Waals surface area contributed by atoms with Crippen LogP contribution in [0.2, 0.25) is 0 Å². The van der Waals surface area contributed by atoms with Crippen molar-refractivity contribution >= 4 is 17.6 Å². The second-order valence-electron chi connectivity index (χ2n) is 5.41. The summed E-state index contributed by atoms with van der Waals surface area (Å²) in [5.41, 5.74) is -0.556. The van der Waals surface area contributed by atoms with E-state index in [2.05, 4.69) is 10.2 Å². The predicted octanol–water partition coefficient (Wildman–Crippen LogP) is 0.0886. The van der Waals surface area contributed by atoms with E-state index in [9.17, 15) is 14.7 Å². The van der Waals surface area contributed by atoms with Gasteiger partial charge >= 0.3 is 5.97 Å². The summed E-state index contributed by atoms with van der Waals surface area (Å²) >= 11 is 0. The number of hydrogen-bond acceptors (Lipinski definition) is 5. The number of nitrogens with zero attached hydrogens (tertiary/aromatic N) is 1. The zero-order valence-corrected chi connectivity index (χ0v) is 12.4. The number of carbonyl (C=O) groups is 2. The molecule has 0 aromatic heterocycles. The molecule has 1 aliphatic rings. The zero-order valence-electron chi connectivity index (χ0n) is 12.4. The first-order valence-corrected chi connectivity index (χ1v) is 7.07. The third-order valence-electron chi connectivity index (χ3n) is 3.56. The Morgan fingerprint density at radius 1 is 1.27 bits per heavy atom. The van der Waals surface area contributed by atoms with Gasteiger partial charge in [0.05, 0.1) is 19.8 Å². The van der Waals surface area contributed by atoms with Gasteiger partial charge in [0.25, 0.3) is 5.91 Å². The van der Waals surface area contributed by atoms with Gasteiger partial charge in [0.15, 0.2) is 5.60 Å². The average molecular weight is 308 g/mol. The van der Waals surface area contributed by atoms with E-state index in [-0.39, 0.29) is 6.54 Å². The molecule has 1 unspecified atom stereocenters. The Balaban J connectivity index is 1.95. The minimum absolute atomic E-state index is 0.355. The number of ether oxygens (including phenoxy) is 1. The standard InChI is InChI=1S/C15H20N2O5/c1-15(21,14(19)20)10-16-13(18)11-2-4-12(5-3-11)17-6-8-22-9-7-17/h2-5,21H,6-10H2,1H3,(H,16,18)(H,19,20). The lowest BCUT2D eigenvalue weighted by Gasteiger charge is -2.28. The number of nitrogens with one attached hydrogen (secondary N) is 1. The quantitative estimate of drug-likeness (QED) is 0.713. The van der Waals surface area contributed by atoms with Gasteiger partial charge in [-0.25, -0.2) is 4.79 Å². The van der Waals surface area contributed by atoms with Crippen LogP contribution in [-0.4, -0.2) is 60.5 Å². The van der Waals surface area contributed by atoms with Crippen LogP contribution >= 0.6 is 0 Å². The fourth-order valence-corrected chi connectivity index (χ4v) is 2.08. The van der Waals surface area contributed by atoms with Crippen molar-refractivity contribution in [2.45, 2.75) is 12.5 Å².